The fourth-order valence-electron chi connectivity index (χ4n) is 1.48. The predicted octanol–water partition coefficient (Wildman–Crippen LogP) is 1.28. The first-order chi connectivity index (χ1) is 9.20. The van der Waals surface area contributed by atoms with Gasteiger partial charge in [0.25, 0.3) is 5.91 Å². The van der Waals surface area contributed by atoms with Crippen molar-refractivity contribution in [2.24, 2.45) is 7.05 Å². The maximum Gasteiger partial charge on any atom is 0.276 e. The second-order valence-corrected chi connectivity index (χ2v) is 4.02. The van der Waals surface area contributed by atoms with Gasteiger partial charge in [-0.15, -0.1) is 0 Å². The van der Waals surface area contributed by atoms with Crippen LogP contribution >= 0.6 is 0 Å². The molecule has 0 saturated heterocycles. The van der Waals surface area contributed by atoms with Gasteiger partial charge in [-0.25, -0.2) is 9.67 Å². The molecule has 0 aliphatic carbocycles. The highest BCUT2D eigenvalue weighted by atomic mass is 16.2. The molecular weight excluding hydrogens is 244 g/mol. The van der Waals surface area contributed by atoms with Gasteiger partial charge in [-0.05, 0) is 18.6 Å². The topological polar surface area (TPSA) is 84.7 Å². The van der Waals surface area contributed by atoms with Crippen LogP contribution in [0, 0.1) is 0 Å². The van der Waals surface area contributed by atoms with Crippen molar-refractivity contribution in [3.05, 3.63) is 30.4 Å². The van der Waals surface area contributed by atoms with E-state index in [9.17, 15) is 4.79 Å². The number of aryl methyl sites for hydroxylation is 1. The molecule has 2 aromatic rings. The standard InChI is InChI=1S/C12H16N6O/c1-3-6-13-9-4-5-10(14-7-9)11(19)17-12-15-8-16-18(12)2/h4-5,7-8,13H,3,6H2,1-2H3,(H,15,16,17,19). The van der Waals surface area contributed by atoms with Crippen molar-refractivity contribution in [3.63, 3.8) is 0 Å². The van der Waals surface area contributed by atoms with Gasteiger partial charge in [0.2, 0.25) is 5.95 Å². The van der Waals surface area contributed by atoms with Gasteiger partial charge in [0.05, 0.1) is 11.9 Å². The van der Waals surface area contributed by atoms with Crippen LogP contribution in [0.15, 0.2) is 24.7 Å². The summed E-state index contributed by atoms with van der Waals surface area (Å²) < 4.78 is 1.48. The number of hydrogen-bond donors (Lipinski definition) is 2. The molecule has 0 fully saturated rings. The highest BCUT2D eigenvalue weighted by Crippen LogP contribution is 2.08. The van der Waals surface area contributed by atoms with E-state index >= 15 is 0 Å². The molecule has 2 N–H and O–H groups in total. The summed E-state index contributed by atoms with van der Waals surface area (Å²) in [5, 5.41) is 9.70. The molecule has 2 aromatic heterocycles. The lowest BCUT2D eigenvalue weighted by molar-refractivity contribution is 0.102. The van der Waals surface area contributed by atoms with Gasteiger partial charge in [-0.1, -0.05) is 6.92 Å². The van der Waals surface area contributed by atoms with Crippen LogP contribution in [0.25, 0.3) is 0 Å². The SMILES string of the molecule is CCCNc1ccc(C(=O)Nc2ncnn2C)nc1. The van der Waals surface area contributed by atoms with Crippen molar-refractivity contribution < 1.29 is 4.79 Å². The molecule has 0 spiro atoms. The predicted molar refractivity (Wildman–Crippen MR) is 72.0 cm³/mol. The number of pyridine rings is 1. The van der Waals surface area contributed by atoms with Crippen molar-refractivity contribution in [3.8, 4) is 0 Å². The Kier molecular flexibility index (Phi) is 4.07. The molecule has 0 aromatic carbocycles. The fraction of sp³-hybridized carbons (Fsp3) is 0.333. The average molecular weight is 260 g/mol. The quantitative estimate of drug-likeness (QED) is 0.846. The molecule has 0 radical (unpaired) electrons. The second-order valence-electron chi connectivity index (χ2n) is 4.02. The van der Waals surface area contributed by atoms with E-state index in [1.165, 1.54) is 11.0 Å². The van der Waals surface area contributed by atoms with Crippen LogP contribution in [0.1, 0.15) is 23.8 Å². The lowest BCUT2D eigenvalue weighted by Gasteiger charge is -2.06. The summed E-state index contributed by atoms with van der Waals surface area (Å²) in [4.78, 5) is 19.9. The van der Waals surface area contributed by atoms with Crippen molar-refractivity contribution in [1.82, 2.24) is 19.7 Å². The van der Waals surface area contributed by atoms with Crippen LogP contribution in [-0.4, -0.2) is 32.2 Å². The normalized spacial score (nSPS) is 10.2. The van der Waals surface area contributed by atoms with E-state index in [1.54, 1.807) is 19.3 Å². The average Bonchev–Trinajstić information content (AvgIpc) is 2.82. The number of hydrogen-bond acceptors (Lipinski definition) is 5. The van der Waals surface area contributed by atoms with Crippen molar-refractivity contribution in [2.45, 2.75) is 13.3 Å². The first kappa shape index (κ1) is 13.0. The molecule has 0 unspecified atom stereocenters. The summed E-state index contributed by atoms with van der Waals surface area (Å²) in [7, 11) is 1.70. The maximum atomic E-state index is 11.9. The highest BCUT2D eigenvalue weighted by Gasteiger charge is 2.10. The fourth-order valence-corrected chi connectivity index (χ4v) is 1.48. The molecule has 2 rings (SSSR count). The van der Waals surface area contributed by atoms with E-state index in [0.29, 0.717) is 11.6 Å². The van der Waals surface area contributed by atoms with Crippen molar-refractivity contribution in [1.29, 1.82) is 0 Å². The lowest BCUT2D eigenvalue weighted by Crippen LogP contribution is -2.16. The molecule has 0 atom stereocenters. The maximum absolute atomic E-state index is 11.9. The van der Waals surface area contributed by atoms with E-state index in [1.807, 2.05) is 6.07 Å². The number of nitrogens with zero attached hydrogens (tertiary/aromatic N) is 4. The summed E-state index contributed by atoms with van der Waals surface area (Å²) >= 11 is 0. The van der Waals surface area contributed by atoms with Crippen LogP contribution in [0.2, 0.25) is 0 Å². The Balaban J connectivity index is 2.01. The Hall–Kier alpha value is -2.44. The van der Waals surface area contributed by atoms with E-state index in [2.05, 4.69) is 32.6 Å². The number of rotatable bonds is 5. The van der Waals surface area contributed by atoms with Crippen LogP contribution in [0.3, 0.4) is 0 Å². The zero-order valence-corrected chi connectivity index (χ0v) is 10.9. The zero-order valence-electron chi connectivity index (χ0n) is 10.9. The Bertz CT molecular complexity index is 548. The minimum absolute atomic E-state index is 0.307. The van der Waals surface area contributed by atoms with E-state index in [0.717, 1.165) is 18.7 Å². The molecule has 0 bridgehead atoms. The molecule has 7 heteroatoms. The second kappa shape index (κ2) is 5.94. The highest BCUT2D eigenvalue weighted by molar-refractivity contribution is 6.01. The Labute approximate surface area is 111 Å². The molecule has 0 aliphatic heterocycles. The monoisotopic (exact) mass is 260 g/mol. The molecule has 0 aliphatic rings. The summed E-state index contributed by atoms with van der Waals surface area (Å²) in [5.41, 5.74) is 1.24. The van der Waals surface area contributed by atoms with E-state index < -0.39 is 0 Å². The first-order valence-corrected chi connectivity index (χ1v) is 6.06. The molecule has 7 nitrogen and oxygen atoms in total. The molecule has 2 heterocycles. The van der Waals surface area contributed by atoms with Crippen molar-refractivity contribution in [2.75, 3.05) is 17.2 Å². The molecule has 0 saturated carbocycles. The number of carbonyl (C=O) groups excluding carboxylic acids is 1. The number of aromatic nitrogens is 4. The Morgan fingerprint density at radius 3 is 2.79 bits per heavy atom. The van der Waals surface area contributed by atoms with Gasteiger partial charge in [-0.3, -0.25) is 10.1 Å². The third-order valence-electron chi connectivity index (χ3n) is 2.51. The van der Waals surface area contributed by atoms with Gasteiger partial charge in [0.1, 0.15) is 12.0 Å². The number of anilines is 2. The molecule has 1 amide bonds. The van der Waals surface area contributed by atoms with E-state index in [4.69, 9.17) is 0 Å². The minimum atomic E-state index is -0.307. The van der Waals surface area contributed by atoms with Crippen LogP contribution in [0.4, 0.5) is 11.6 Å². The number of nitrogens with one attached hydrogen (secondary N) is 2. The summed E-state index contributed by atoms with van der Waals surface area (Å²) in [6.07, 6.45) is 4.05. The van der Waals surface area contributed by atoms with E-state index in [-0.39, 0.29) is 5.91 Å². The third kappa shape index (κ3) is 3.27. The van der Waals surface area contributed by atoms with Gasteiger partial charge in [0, 0.05) is 13.6 Å². The van der Waals surface area contributed by atoms with Crippen LogP contribution in [0.5, 0.6) is 0 Å². The van der Waals surface area contributed by atoms with Crippen LogP contribution in [-0.2, 0) is 7.05 Å². The zero-order chi connectivity index (χ0) is 13.7. The Morgan fingerprint density at radius 2 is 2.21 bits per heavy atom. The van der Waals surface area contributed by atoms with Crippen LogP contribution < -0.4 is 10.6 Å². The molecule has 100 valence electrons. The summed E-state index contributed by atoms with van der Waals surface area (Å²) in [6, 6.07) is 3.50. The van der Waals surface area contributed by atoms with Crippen molar-refractivity contribution >= 4 is 17.5 Å². The van der Waals surface area contributed by atoms with Gasteiger partial charge in [0.15, 0.2) is 0 Å². The molecule has 19 heavy (non-hydrogen) atoms. The van der Waals surface area contributed by atoms with Gasteiger partial charge >= 0.3 is 0 Å². The largest absolute Gasteiger partial charge is 0.384 e. The summed E-state index contributed by atoms with van der Waals surface area (Å²) in [5.74, 6) is 0.0816. The molecular formula is C12H16N6O. The lowest BCUT2D eigenvalue weighted by atomic mass is 10.3. The van der Waals surface area contributed by atoms with Gasteiger partial charge < -0.3 is 5.32 Å². The third-order valence-corrected chi connectivity index (χ3v) is 2.51. The first-order valence-electron chi connectivity index (χ1n) is 6.06. The Morgan fingerprint density at radius 1 is 1.37 bits per heavy atom. The van der Waals surface area contributed by atoms with Gasteiger partial charge in [-0.2, -0.15) is 10.1 Å². The minimum Gasteiger partial charge on any atom is -0.384 e. The number of carbonyl (C=O) groups is 1. The summed E-state index contributed by atoms with van der Waals surface area (Å²) in [6.45, 7) is 2.97. The smallest absolute Gasteiger partial charge is 0.276 e. The number of amides is 1.